The zero-order valence-corrected chi connectivity index (χ0v) is 11.3. The molecule has 0 fully saturated rings. The van der Waals surface area contributed by atoms with Gasteiger partial charge in [0.1, 0.15) is 11.6 Å². The van der Waals surface area contributed by atoms with Gasteiger partial charge in [0.25, 0.3) is 0 Å². The van der Waals surface area contributed by atoms with Crippen LogP contribution in [0, 0.1) is 5.82 Å². The number of nitrogens with two attached hydrogens (primary N) is 1. The first-order valence-corrected chi connectivity index (χ1v) is 6.05. The molecular formula is C13H12BrFN2O. The number of para-hydroxylation sites is 1. The number of benzene rings is 2. The molecule has 0 bridgehead atoms. The number of ether oxygens (including phenoxy) is 1. The van der Waals surface area contributed by atoms with Gasteiger partial charge in [-0.05, 0) is 30.3 Å². The molecule has 5 heteroatoms. The van der Waals surface area contributed by atoms with Crippen molar-refractivity contribution in [1.82, 2.24) is 0 Å². The number of methoxy groups -OCH3 is 1. The van der Waals surface area contributed by atoms with Crippen LogP contribution in [-0.2, 0) is 0 Å². The Kier molecular flexibility index (Phi) is 3.72. The summed E-state index contributed by atoms with van der Waals surface area (Å²) in [6, 6.07) is 9.97. The van der Waals surface area contributed by atoms with E-state index in [9.17, 15) is 4.39 Å². The van der Waals surface area contributed by atoms with Gasteiger partial charge in [-0.15, -0.1) is 0 Å². The monoisotopic (exact) mass is 310 g/mol. The van der Waals surface area contributed by atoms with E-state index in [-0.39, 0.29) is 5.69 Å². The highest BCUT2D eigenvalue weighted by Gasteiger charge is 2.09. The summed E-state index contributed by atoms with van der Waals surface area (Å²) >= 11 is 3.36. The summed E-state index contributed by atoms with van der Waals surface area (Å²) in [5, 5.41) is 2.95. The highest BCUT2D eigenvalue weighted by atomic mass is 79.9. The number of rotatable bonds is 3. The minimum atomic E-state index is -0.406. The maximum Gasteiger partial charge on any atom is 0.148 e. The normalized spacial score (nSPS) is 10.2. The predicted molar refractivity (Wildman–Crippen MR) is 74.8 cm³/mol. The first kappa shape index (κ1) is 12.7. The minimum absolute atomic E-state index is 0.244. The molecule has 2 aromatic carbocycles. The summed E-state index contributed by atoms with van der Waals surface area (Å²) in [5.41, 5.74) is 6.97. The lowest BCUT2D eigenvalue weighted by molar-refractivity contribution is 0.416. The van der Waals surface area contributed by atoms with Crippen LogP contribution < -0.4 is 15.8 Å². The lowest BCUT2D eigenvalue weighted by Crippen LogP contribution is -2.00. The van der Waals surface area contributed by atoms with Gasteiger partial charge in [0.2, 0.25) is 0 Å². The molecule has 0 aromatic heterocycles. The minimum Gasteiger partial charge on any atom is -0.495 e. The SMILES string of the molecule is COc1ccc(Br)cc1Nc1c(N)cccc1F. The van der Waals surface area contributed by atoms with Crippen molar-refractivity contribution < 1.29 is 9.13 Å². The van der Waals surface area contributed by atoms with E-state index >= 15 is 0 Å². The Morgan fingerprint density at radius 2 is 2.06 bits per heavy atom. The van der Waals surface area contributed by atoms with E-state index in [0.717, 1.165) is 4.47 Å². The van der Waals surface area contributed by atoms with Crippen molar-refractivity contribution in [3.05, 3.63) is 46.7 Å². The van der Waals surface area contributed by atoms with Gasteiger partial charge in [0.15, 0.2) is 0 Å². The number of halogens is 2. The summed E-state index contributed by atoms with van der Waals surface area (Å²) in [4.78, 5) is 0. The number of hydrogen-bond donors (Lipinski definition) is 2. The third kappa shape index (κ3) is 2.56. The largest absolute Gasteiger partial charge is 0.495 e. The zero-order valence-electron chi connectivity index (χ0n) is 9.71. The van der Waals surface area contributed by atoms with Gasteiger partial charge in [-0.1, -0.05) is 22.0 Å². The highest BCUT2D eigenvalue weighted by molar-refractivity contribution is 9.10. The topological polar surface area (TPSA) is 47.3 Å². The van der Waals surface area contributed by atoms with Crippen LogP contribution >= 0.6 is 15.9 Å². The molecule has 18 heavy (non-hydrogen) atoms. The maximum absolute atomic E-state index is 13.7. The second kappa shape index (κ2) is 5.27. The van der Waals surface area contributed by atoms with Crippen molar-refractivity contribution in [3.8, 4) is 5.75 Å². The zero-order chi connectivity index (χ0) is 13.1. The van der Waals surface area contributed by atoms with Crippen LogP contribution in [0.3, 0.4) is 0 Å². The molecule has 0 heterocycles. The standard InChI is InChI=1S/C13H12BrFN2O/c1-18-12-6-5-8(14)7-11(12)17-13-9(15)3-2-4-10(13)16/h2-7,17H,16H2,1H3. The third-order valence-electron chi connectivity index (χ3n) is 2.47. The summed E-state index contributed by atoms with van der Waals surface area (Å²) in [7, 11) is 1.55. The second-order valence-electron chi connectivity index (χ2n) is 3.67. The molecule has 0 unspecified atom stereocenters. The molecular weight excluding hydrogens is 299 g/mol. The van der Waals surface area contributed by atoms with Crippen LogP contribution in [0.5, 0.6) is 5.75 Å². The van der Waals surface area contributed by atoms with Crippen LogP contribution in [0.15, 0.2) is 40.9 Å². The average molecular weight is 311 g/mol. The van der Waals surface area contributed by atoms with E-state index in [2.05, 4.69) is 21.2 Å². The molecule has 0 amide bonds. The van der Waals surface area contributed by atoms with Crippen LogP contribution in [0.4, 0.5) is 21.5 Å². The number of hydrogen-bond acceptors (Lipinski definition) is 3. The van der Waals surface area contributed by atoms with Gasteiger partial charge in [-0.3, -0.25) is 0 Å². The summed E-state index contributed by atoms with van der Waals surface area (Å²) in [5.74, 6) is 0.206. The Morgan fingerprint density at radius 3 is 2.72 bits per heavy atom. The molecule has 0 aliphatic heterocycles. The van der Waals surface area contributed by atoms with Gasteiger partial charge in [0.05, 0.1) is 24.2 Å². The molecule has 2 aromatic rings. The van der Waals surface area contributed by atoms with Crippen molar-refractivity contribution in [3.63, 3.8) is 0 Å². The molecule has 0 aliphatic carbocycles. The van der Waals surface area contributed by atoms with Crippen LogP contribution in [0.1, 0.15) is 0 Å². The van der Waals surface area contributed by atoms with Crippen molar-refractivity contribution in [1.29, 1.82) is 0 Å². The molecule has 0 radical (unpaired) electrons. The number of nitrogen functional groups attached to an aromatic ring is 1. The fraction of sp³-hybridized carbons (Fsp3) is 0.0769. The Labute approximate surface area is 113 Å². The molecule has 94 valence electrons. The van der Waals surface area contributed by atoms with Crippen molar-refractivity contribution >= 4 is 33.0 Å². The van der Waals surface area contributed by atoms with E-state index < -0.39 is 5.82 Å². The van der Waals surface area contributed by atoms with E-state index in [1.807, 2.05) is 6.07 Å². The Hall–Kier alpha value is -1.75. The Balaban J connectivity index is 2.42. The van der Waals surface area contributed by atoms with E-state index in [0.29, 0.717) is 17.1 Å². The van der Waals surface area contributed by atoms with E-state index in [4.69, 9.17) is 10.5 Å². The molecule has 0 aliphatic rings. The average Bonchev–Trinajstić information content (AvgIpc) is 2.34. The molecule has 0 saturated heterocycles. The summed E-state index contributed by atoms with van der Waals surface area (Å²) < 4.78 is 19.7. The van der Waals surface area contributed by atoms with E-state index in [1.54, 1.807) is 31.4 Å². The molecule has 0 spiro atoms. The molecule has 3 nitrogen and oxygen atoms in total. The second-order valence-corrected chi connectivity index (χ2v) is 4.59. The van der Waals surface area contributed by atoms with Crippen molar-refractivity contribution in [2.75, 3.05) is 18.2 Å². The van der Waals surface area contributed by atoms with Crippen LogP contribution in [0.2, 0.25) is 0 Å². The van der Waals surface area contributed by atoms with Gasteiger partial charge < -0.3 is 15.8 Å². The fourth-order valence-corrected chi connectivity index (χ4v) is 1.95. The van der Waals surface area contributed by atoms with Gasteiger partial charge in [0, 0.05) is 4.47 Å². The van der Waals surface area contributed by atoms with Crippen LogP contribution in [0.25, 0.3) is 0 Å². The smallest absolute Gasteiger partial charge is 0.148 e. The molecule has 0 atom stereocenters. The Morgan fingerprint density at radius 1 is 1.28 bits per heavy atom. The third-order valence-corrected chi connectivity index (χ3v) is 2.96. The first-order chi connectivity index (χ1) is 8.61. The van der Waals surface area contributed by atoms with Gasteiger partial charge in [-0.25, -0.2) is 4.39 Å². The summed E-state index contributed by atoms with van der Waals surface area (Å²) in [6.45, 7) is 0. The van der Waals surface area contributed by atoms with Crippen LogP contribution in [-0.4, -0.2) is 7.11 Å². The number of nitrogens with one attached hydrogen (secondary N) is 1. The highest BCUT2D eigenvalue weighted by Crippen LogP contribution is 2.33. The van der Waals surface area contributed by atoms with Crippen molar-refractivity contribution in [2.24, 2.45) is 0 Å². The first-order valence-electron chi connectivity index (χ1n) is 5.26. The lowest BCUT2D eigenvalue weighted by atomic mass is 10.2. The van der Waals surface area contributed by atoms with Gasteiger partial charge in [-0.2, -0.15) is 0 Å². The molecule has 2 rings (SSSR count). The summed E-state index contributed by atoms with van der Waals surface area (Å²) in [6.07, 6.45) is 0. The lowest BCUT2D eigenvalue weighted by Gasteiger charge is -2.13. The predicted octanol–water partition coefficient (Wildman–Crippen LogP) is 3.92. The van der Waals surface area contributed by atoms with Gasteiger partial charge >= 0.3 is 0 Å². The maximum atomic E-state index is 13.7. The quantitative estimate of drug-likeness (QED) is 0.845. The van der Waals surface area contributed by atoms with Crippen molar-refractivity contribution in [2.45, 2.75) is 0 Å². The van der Waals surface area contributed by atoms with E-state index in [1.165, 1.54) is 6.07 Å². The Bertz CT molecular complexity index is 555. The number of anilines is 3. The fourth-order valence-electron chi connectivity index (χ4n) is 1.59. The molecule has 3 N–H and O–H groups in total. The molecule has 0 saturated carbocycles.